The Balaban J connectivity index is 2.00. The Bertz CT molecular complexity index is 339. The largest absolute Gasteiger partial charge is 0.379 e. The first-order chi connectivity index (χ1) is 7.25. The number of halogens is 1. The van der Waals surface area contributed by atoms with Gasteiger partial charge in [-0.1, -0.05) is 0 Å². The van der Waals surface area contributed by atoms with Crippen LogP contribution in [0.1, 0.15) is 5.56 Å². The molecule has 0 unspecified atom stereocenters. The number of morpholine rings is 1. The summed E-state index contributed by atoms with van der Waals surface area (Å²) in [6.07, 6.45) is 1.82. The molecule has 4 nitrogen and oxygen atoms in total. The van der Waals surface area contributed by atoms with Gasteiger partial charge in [-0.2, -0.15) is 0 Å². The van der Waals surface area contributed by atoms with Crippen LogP contribution in [0, 0.1) is 6.92 Å². The zero-order valence-corrected chi connectivity index (χ0v) is 10.2. The fourth-order valence-electron chi connectivity index (χ4n) is 1.44. The first kappa shape index (κ1) is 10.9. The Morgan fingerprint density at radius 1 is 1.47 bits per heavy atom. The maximum Gasteiger partial charge on any atom is 0.140 e. The van der Waals surface area contributed by atoms with Gasteiger partial charge in [-0.3, -0.25) is 0 Å². The van der Waals surface area contributed by atoms with Crippen LogP contribution in [0.4, 0.5) is 5.82 Å². The van der Waals surface area contributed by atoms with E-state index in [0.717, 1.165) is 36.6 Å². The van der Waals surface area contributed by atoms with Crippen molar-refractivity contribution in [3.63, 3.8) is 0 Å². The molecule has 2 rings (SSSR count). The number of aromatic nitrogens is 1. The highest BCUT2D eigenvalue weighted by Crippen LogP contribution is 2.17. The SMILES string of the molecule is Cc1cc(NN2CCOCC2)ncc1Br. The topological polar surface area (TPSA) is 37.4 Å². The average Bonchev–Trinajstić information content (AvgIpc) is 2.25. The number of nitrogens with zero attached hydrogens (tertiary/aromatic N) is 2. The third-order valence-corrected chi connectivity index (χ3v) is 3.16. The lowest BCUT2D eigenvalue weighted by Gasteiger charge is -2.27. The van der Waals surface area contributed by atoms with Crippen molar-refractivity contribution >= 4 is 21.7 Å². The Morgan fingerprint density at radius 2 is 2.20 bits per heavy atom. The molecule has 0 saturated carbocycles. The van der Waals surface area contributed by atoms with Crippen LogP contribution in [0.25, 0.3) is 0 Å². The molecule has 1 aliphatic heterocycles. The van der Waals surface area contributed by atoms with Gasteiger partial charge in [0.2, 0.25) is 0 Å². The van der Waals surface area contributed by atoms with Crippen molar-refractivity contribution in [1.82, 2.24) is 9.99 Å². The van der Waals surface area contributed by atoms with Gasteiger partial charge in [0, 0.05) is 23.8 Å². The van der Waals surface area contributed by atoms with Crippen molar-refractivity contribution in [2.24, 2.45) is 0 Å². The van der Waals surface area contributed by atoms with E-state index in [0.29, 0.717) is 0 Å². The molecule has 0 atom stereocenters. The number of pyridine rings is 1. The van der Waals surface area contributed by atoms with E-state index in [9.17, 15) is 0 Å². The summed E-state index contributed by atoms with van der Waals surface area (Å²) < 4.78 is 6.31. The number of ether oxygens (including phenoxy) is 1. The highest BCUT2D eigenvalue weighted by Gasteiger charge is 2.10. The van der Waals surface area contributed by atoms with Crippen LogP contribution in [0.15, 0.2) is 16.7 Å². The molecule has 1 fully saturated rings. The third kappa shape index (κ3) is 2.90. The zero-order valence-electron chi connectivity index (χ0n) is 8.66. The molecule has 1 saturated heterocycles. The third-order valence-electron chi connectivity index (χ3n) is 2.33. The van der Waals surface area contributed by atoms with E-state index in [1.165, 1.54) is 5.56 Å². The van der Waals surface area contributed by atoms with Gasteiger partial charge in [0.1, 0.15) is 5.82 Å². The van der Waals surface area contributed by atoms with E-state index < -0.39 is 0 Å². The minimum absolute atomic E-state index is 0.780. The molecule has 0 radical (unpaired) electrons. The molecule has 1 N–H and O–H groups in total. The fraction of sp³-hybridized carbons (Fsp3) is 0.500. The molecule has 1 aromatic rings. The number of nitrogens with one attached hydrogen (secondary N) is 1. The van der Waals surface area contributed by atoms with Crippen LogP contribution in [-0.4, -0.2) is 36.3 Å². The normalized spacial score (nSPS) is 17.7. The van der Waals surface area contributed by atoms with Crippen LogP contribution in [0.3, 0.4) is 0 Å². The van der Waals surface area contributed by atoms with E-state index >= 15 is 0 Å². The molecule has 15 heavy (non-hydrogen) atoms. The highest BCUT2D eigenvalue weighted by molar-refractivity contribution is 9.10. The average molecular weight is 272 g/mol. The lowest BCUT2D eigenvalue weighted by Crippen LogP contribution is -2.40. The molecule has 82 valence electrons. The van der Waals surface area contributed by atoms with Crippen LogP contribution in [0.2, 0.25) is 0 Å². The predicted molar refractivity (Wildman–Crippen MR) is 62.7 cm³/mol. The Morgan fingerprint density at radius 3 is 2.87 bits per heavy atom. The van der Waals surface area contributed by atoms with Crippen LogP contribution in [0.5, 0.6) is 0 Å². The van der Waals surface area contributed by atoms with Gasteiger partial charge in [-0.15, -0.1) is 0 Å². The van der Waals surface area contributed by atoms with Gasteiger partial charge in [-0.25, -0.2) is 9.99 Å². The summed E-state index contributed by atoms with van der Waals surface area (Å²) in [7, 11) is 0. The van der Waals surface area contributed by atoms with Gasteiger partial charge < -0.3 is 10.2 Å². The molecular weight excluding hydrogens is 258 g/mol. The van der Waals surface area contributed by atoms with E-state index in [2.05, 4.69) is 38.3 Å². The highest BCUT2D eigenvalue weighted by atomic mass is 79.9. The number of hydrazine groups is 1. The molecule has 0 amide bonds. The Kier molecular flexibility index (Phi) is 3.56. The molecule has 1 aromatic heterocycles. The Hall–Kier alpha value is -0.650. The monoisotopic (exact) mass is 271 g/mol. The second kappa shape index (κ2) is 4.92. The maximum absolute atomic E-state index is 5.27. The van der Waals surface area contributed by atoms with Gasteiger partial charge in [0.15, 0.2) is 0 Å². The van der Waals surface area contributed by atoms with Crippen molar-refractivity contribution in [3.05, 3.63) is 22.3 Å². The lowest BCUT2D eigenvalue weighted by atomic mass is 10.3. The van der Waals surface area contributed by atoms with Crippen molar-refractivity contribution in [1.29, 1.82) is 0 Å². The van der Waals surface area contributed by atoms with E-state index in [1.807, 2.05) is 12.3 Å². The van der Waals surface area contributed by atoms with E-state index in [1.54, 1.807) is 0 Å². The molecule has 0 aliphatic carbocycles. The first-order valence-corrected chi connectivity index (χ1v) is 5.76. The summed E-state index contributed by atoms with van der Waals surface area (Å²) in [5.74, 6) is 0.887. The molecular formula is C10H14BrN3O. The summed E-state index contributed by atoms with van der Waals surface area (Å²) in [6, 6.07) is 2.03. The quantitative estimate of drug-likeness (QED) is 0.891. The summed E-state index contributed by atoms with van der Waals surface area (Å²) in [5.41, 5.74) is 4.45. The number of hydrogen-bond donors (Lipinski definition) is 1. The van der Waals surface area contributed by atoms with Gasteiger partial charge >= 0.3 is 0 Å². The van der Waals surface area contributed by atoms with E-state index in [-0.39, 0.29) is 0 Å². The van der Waals surface area contributed by atoms with Crippen LogP contribution < -0.4 is 5.43 Å². The molecule has 1 aliphatic rings. The van der Waals surface area contributed by atoms with Crippen LogP contribution in [-0.2, 0) is 4.74 Å². The standard InChI is InChI=1S/C10H14BrN3O/c1-8-6-10(12-7-9(8)11)13-14-2-4-15-5-3-14/h6-7H,2-5H2,1H3,(H,12,13). The second-order valence-corrected chi connectivity index (χ2v) is 4.38. The maximum atomic E-state index is 5.27. The lowest BCUT2D eigenvalue weighted by molar-refractivity contribution is 0.0495. The van der Waals surface area contributed by atoms with E-state index in [4.69, 9.17) is 4.74 Å². The molecule has 0 spiro atoms. The van der Waals surface area contributed by atoms with Gasteiger partial charge in [0.25, 0.3) is 0 Å². The van der Waals surface area contributed by atoms with Crippen molar-refractivity contribution in [2.75, 3.05) is 31.7 Å². The summed E-state index contributed by atoms with van der Waals surface area (Å²) in [5, 5.41) is 2.12. The minimum Gasteiger partial charge on any atom is -0.379 e. The van der Waals surface area contributed by atoms with Crippen molar-refractivity contribution in [3.8, 4) is 0 Å². The number of anilines is 1. The van der Waals surface area contributed by atoms with Crippen molar-refractivity contribution in [2.45, 2.75) is 6.92 Å². The van der Waals surface area contributed by atoms with Gasteiger partial charge in [-0.05, 0) is 34.5 Å². The second-order valence-electron chi connectivity index (χ2n) is 3.53. The Labute approximate surface area is 97.7 Å². The predicted octanol–water partition coefficient (Wildman–Crippen LogP) is 1.81. The fourth-order valence-corrected chi connectivity index (χ4v) is 1.65. The molecule has 2 heterocycles. The zero-order chi connectivity index (χ0) is 10.7. The molecule has 5 heteroatoms. The summed E-state index contributed by atoms with van der Waals surface area (Å²) >= 11 is 3.43. The molecule has 0 aromatic carbocycles. The summed E-state index contributed by atoms with van der Waals surface area (Å²) in [6.45, 7) is 5.41. The smallest absolute Gasteiger partial charge is 0.140 e. The van der Waals surface area contributed by atoms with Crippen LogP contribution >= 0.6 is 15.9 Å². The first-order valence-electron chi connectivity index (χ1n) is 4.97. The van der Waals surface area contributed by atoms with Crippen molar-refractivity contribution < 1.29 is 4.74 Å². The summed E-state index contributed by atoms with van der Waals surface area (Å²) in [4.78, 5) is 4.29. The number of aryl methyl sites for hydroxylation is 1. The molecule has 0 bridgehead atoms. The number of hydrogen-bond acceptors (Lipinski definition) is 4. The number of rotatable bonds is 2. The minimum atomic E-state index is 0.780. The van der Waals surface area contributed by atoms with Gasteiger partial charge in [0.05, 0.1) is 13.2 Å².